The van der Waals surface area contributed by atoms with Crippen molar-refractivity contribution in [3.63, 3.8) is 0 Å². The van der Waals surface area contributed by atoms with Crippen LogP contribution in [0.15, 0.2) is 35.7 Å². The molecule has 0 amide bonds. The van der Waals surface area contributed by atoms with Crippen LogP contribution in [0.2, 0.25) is 0 Å². The zero-order valence-corrected chi connectivity index (χ0v) is 11.7. The largest absolute Gasteiger partial charge is 0.497 e. The van der Waals surface area contributed by atoms with Crippen LogP contribution in [0, 0.1) is 0 Å². The Hall–Kier alpha value is -2.34. The molecule has 20 heavy (non-hydrogen) atoms. The van der Waals surface area contributed by atoms with E-state index in [2.05, 4.69) is 9.97 Å². The molecule has 3 rings (SSSR count). The Bertz CT molecular complexity index is 742. The Kier molecular flexibility index (Phi) is 3.39. The molecule has 0 unspecified atom stereocenters. The van der Waals surface area contributed by atoms with E-state index >= 15 is 0 Å². The second-order valence-corrected chi connectivity index (χ2v) is 5.03. The minimum absolute atomic E-state index is 0.269. The van der Waals surface area contributed by atoms with Crippen molar-refractivity contribution in [3.05, 3.63) is 41.5 Å². The molecule has 3 aromatic rings. The van der Waals surface area contributed by atoms with Crippen LogP contribution >= 0.6 is 11.3 Å². The van der Waals surface area contributed by atoms with Crippen molar-refractivity contribution in [1.82, 2.24) is 9.97 Å². The summed E-state index contributed by atoms with van der Waals surface area (Å²) in [6.45, 7) is 0.269. The molecule has 1 aromatic carbocycles. The number of hydrogen-bond acceptors (Lipinski definition) is 6. The fraction of sp³-hybridized carbons (Fsp3) is 0.143. The predicted octanol–water partition coefficient (Wildman–Crippen LogP) is 2.86. The van der Waals surface area contributed by atoms with Gasteiger partial charge in [0.2, 0.25) is 0 Å². The highest BCUT2D eigenvalue weighted by molar-refractivity contribution is 7.16. The lowest BCUT2D eigenvalue weighted by Gasteiger charge is -2.07. The summed E-state index contributed by atoms with van der Waals surface area (Å²) in [4.78, 5) is 9.55. The fourth-order valence-corrected chi connectivity index (χ4v) is 2.62. The SMILES string of the molecule is COc1cccc(OCc2nc(N)c3ccsc3n2)c1. The summed E-state index contributed by atoms with van der Waals surface area (Å²) in [7, 11) is 1.62. The standard InChI is InChI=1S/C14H13N3O2S/c1-18-9-3-2-4-10(7-9)19-8-12-16-13(15)11-5-6-20-14(11)17-12/h2-7H,8H2,1H3,(H2,15,16,17). The summed E-state index contributed by atoms with van der Waals surface area (Å²) in [6.07, 6.45) is 0. The average molecular weight is 287 g/mol. The number of rotatable bonds is 4. The van der Waals surface area contributed by atoms with Crippen LogP contribution in [0.1, 0.15) is 5.82 Å². The van der Waals surface area contributed by atoms with Crippen LogP contribution in [-0.2, 0) is 6.61 Å². The highest BCUT2D eigenvalue weighted by Gasteiger charge is 2.07. The van der Waals surface area contributed by atoms with E-state index < -0.39 is 0 Å². The number of anilines is 1. The van der Waals surface area contributed by atoms with Crippen molar-refractivity contribution in [2.75, 3.05) is 12.8 Å². The normalized spacial score (nSPS) is 10.7. The van der Waals surface area contributed by atoms with Gasteiger partial charge < -0.3 is 15.2 Å². The number of thiophene rings is 1. The van der Waals surface area contributed by atoms with Crippen LogP contribution in [0.4, 0.5) is 5.82 Å². The molecule has 0 fully saturated rings. The van der Waals surface area contributed by atoms with Gasteiger partial charge in [0.15, 0.2) is 5.82 Å². The highest BCUT2D eigenvalue weighted by Crippen LogP contribution is 2.24. The Morgan fingerprint density at radius 2 is 2.05 bits per heavy atom. The topological polar surface area (TPSA) is 70.3 Å². The van der Waals surface area contributed by atoms with Gasteiger partial charge in [-0.25, -0.2) is 9.97 Å². The Morgan fingerprint density at radius 1 is 1.20 bits per heavy atom. The van der Waals surface area contributed by atoms with Crippen molar-refractivity contribution in [2.24, 2.45) is 0 Å². The van der Waals surface area contributed by atoms with Crippen molar-refractivity contribution < 1.29 is 9.47 Å². The molecule has 0 spiro atoms. The van der Waals surface area contributed by atoms with Crippen LogP contribution in [0.25, 0.3) is 10.2 Å². The average Bonchev–Trinajstić information content (AvgIpc) is 2.94. The van der Waals surface area contributed by atoms with E-state index in [1.165, 1.54) is 11.3 Å². The number of nitrogen functional groups attached to an aromatic ring is 1. The molecular weight excluding hydrogens is 274 g/mol. The van der Waals surface area contributed by atoms with Gasteiger partial charge in [0.05, 0.1) is 12.5 Å². The van der Waals surface area contributed by atoms with Crippen LogP contribution < -0.4 is 15.2 Å². The third kappa shape index (κ3) is 2.50. The van der Waals surface area contributed by atoms with Gasteiger partial charge in [-0.3, -0.25) is 0 Å². The van der Waals surface area contributed by atoms with Crippen LogP contribution in [0.5, 0.6) is 11.5 Å². The number of hydrogen-bond donors (Lipinski definition) is 1. The van der Waals surface area contributed by atoms with Gasteiger partial charge >= 0.3 is 0 Å². The van der Waals surface area contributed by atoms with Crippen molar-refractivity contribution in [1.29, 1.82) is 0 Å². The third-order valence-electron chi connectivity index (χ3n) is 2.81. The molecule has 2 N–H and O–H groups in total. The lowest BCUT2D eigenvalue weighted by molar-refractivity contribution is 0.294. The molecule has 102 valence electrons. The summed E-state index contributed by atoms with van der Waals surface area (Å²) in [5, 5.41) is 2.84. The van der Waals surface area contributed by atoms with Gasteiger partial charge in [-0.05, 0) is 23.6 Å². The maximum atomic E-state index is 5.90. The number of fused-ring (bicyclic) bond motifs is 1. The second kappa shape index (κ2) is 5.34. The number of aromatic nitrogens is 2. The van der Waals surface area contributed by atoms with Crippen molar-refractivity contribution in [2.45, 2.75) is 6.61 Å². The maximum Gasteiger partial charge on any atom is 0.169 e. The third-order valence-corrected chi connectivity index (χ3v) is 3.62. The molecule has 0 aliphatic heterocycles. The first kappa shape index (κ1) is 12.7. The second-order valence-electron chi connectivity index (χ2n) is 4.13. The van der Waals surface area contributed by atoms with Crippen LogP contribution in [0.3, 0.4) is 0 Å². The zero-order valence-electron chi connectivity index (χ0n) is 10.9. The molecule has 2 heterocycles. The van der Waals surface area contributed by atoms with E-state index in [9.17, 15) is 0 Å². The summed E-state index contributed by atoms with van der Waals surface area (Å²) in [5.41, 5.74) is 5.90. The smallest absolute Gasteiger partial charge is 0.169 e. The van der Waals surface area contributed by atoms with E-state index in [1.807, 2.05) is 35.7 Å². The van der Waals surface area contributed by atoms with Gasteiger partial charge in [0.1, 0.15) is 28.8 Å². The number of nitrogens with zero attached hydrogens (tertiary/aromatic N) is 2. The lowest BCUT2D eigenvalue weighted by Crippen LogP contribution is -2.04. The zero-order chi connectivity index (χ0) is 13.9. The highest BCUT2D eigenvalue weighted by atomic mass is 32.1. The number of nitrogens with two attached hydrogens (primary N) is 1. The molecule has 0 aliphatic rings. The first-order chi connectivity index (χ1) is 9.76. The van der Waals surface area contributed by atoms with Crippen molar-refractivity contribution >= 4 is 27.4 Å². The fourth-order valence-electron chi connectivity index (χ4n) is 1.83. The van der Waals surface area contributed by atoms with Gasteiger partial charge in [-0.2, -0.15) is 0 Å². The van der Waals surface area contributed by atoms with E-state index in [4.69, 9.17) is 15.2 Å². The molecule has 2 aromatic heterocycles. The minimum atomic E-state index is 0.269. The monoisotopic (exact) mass is 287 g/mol. The van der Waals surface area contributed by atoms with Gasteiger partial charge in [-0.1, -0.05) is 6.07 Å². The molecule has 0 saturated carbocycles. The van der Waals surface area contributed by atoms with Gasteiger partial charge in [0, 0.05) is 6.07 Å². The Labute approximate surface area is 120 Å². The van der Waals surface area contributed by atoms with E-state index in [0.29, 0.717) is 17.4 Å². The van der Waals surface area contributed by atoms with Gasteiger partial charge in [-0.15, -0.1) is 11.3 Å². The lowest BCUT2D eigenvalue weighted by atomic mass is 10.3. The summed E-state index contributed by atoms with van der Waals surface area (Å²) in [6, 6.07) is 9.31. The van der Waals surface area contributed by atoms with Crippen molar-refractivity contribution in [3.8, 4) is 11.5 Å². The molecule has 6 heteroatoms. The molecular formula is C14H13N3O2S. The predicted molar refractivity (Wildman–Crippen MR) is 79.2 cm³/mol. The van der Waals surface area contributed by atoms with E-state index in [0.717, 1.165) is 16.0 Å². The maximum absolute atomic E-state index is 5.90. The summed E-state index contributed by atoms with van der Waals surface area (Å²) in [5.74, 6) is 2.51. The minimum Gasteiger partial charge on any atom is -0.497 e. The number of ether oxygens (including phenoxy) is 2. The number of methoxy groups -OCH3 is 1. The first-order valence-corrected chi connectivity index (χ1v) is 6.90. The summed E-state index contributed by atoms with van der Waals surface area (Å²) < 4.78 is 10.8. The van der Waals surface area contributed by atoms with Gasteiger partial charge in [0.25, 0.3) is 0 Å². The molecule has 0 aliphatic carbocycles. The first-order valence-electron chi connectivity index (χ1n) is 6.03. The molecule has 0 saturated heterocycles. The Morgan fingerprint density at radius 3 is 2.90 bits per heavy atom. The van der Waals surface area contributed by atoms with E-state index in [-0.39, 0.29) is 6.61 Å². The molecule has 5 nitrogen and oxygen atoms in total. The quantitative estimate of drug-likeness (QED) is 0.799. The molecule has 0 radical (unpaired) electrons. The van der Waals surface area contributed by atoms with E-state index in [1.54, 1.807) is 7.11 Å². The summed E-state index contributed by atoms with van der Waals surface area (Å²) >= 11 is 1.54. The molecule has 0 atom stereocenters. The van der Waals surface area contributed by atoms with Crippen LogP contribution in [-0.4, -0.2) is 17.1 Å². The molecule has 0 bridgehead atoms. The number of benzene rings is 1. The Balaban J connectivity index is 1.79.